The van der Waals surface area contributed by atoms with Crippen molar-refractivity contribution < 1.29 is 18.0 Å². The number of halogens is 3. The van der Waals surface area contributed by atoms with E-state index in [2.05, 4.69) is 0 Å². The van der Waals surface area contributed by atoms with Gasteiger partial charge in [0.2, 0.25) is 0 Å². The predicted octanol–water partition coefficient (Wildman–Crippen LogP) is 1.37. The number of urea groups is 1. The van der Waals surface area contributed by atoms with Crippen molar-refractivity contribution in [2.45, 2.75) is 18.1 Å². The molecule has 1 heterocycles. The molecule has 1 N–H and O–H groups in total. The Bertz CT molecular complexity index is 344. The van der Waals surface area contributed by atoms with E-state index in [1.165, 1.54) is 13.1 Å². The van der Waals surface area contributed by atoms with E-state index in [0.717, 1.165) is 17.2 Å². The van der Waals surface area contributed by atoms with Gasteiger partial charge in [-0.3, -0.25) is 0 Å². The van der Waals surface area contributed by atoms with Gasteiger partial charge in [-0.05, 0) is 6.08 Å². The van der Waals surface area contributed by atoms with E-state index in [4.69, 9.17) is 5.26 Å². The summed E-state index contributed by atoms with van der Waals surface area (Å²) in [5.74, 6) is 0. The number of hydrogen-bond acceptors (Lipinski definition) is 2. The van der Waals surface area contributed by atoms with Crippen molar-refractivity contribution >= 4 is 6.03 Å². The van der Waals surface area contributed by atoms with Gasteiger partial charge in [0.05, 0.1) is 12.5 Å². The molecule has 1 unspecified atom stereocenters. The summed E-state index contributed by atoms with van der Waals surface area (Å²) in [5.41, 5.74) is -2.56. The summed E-state index contributed by atoms with van der Waals surface area (Å²) < 4.78 is 37.9. The number of rotatable bonds is 1. The van der Waals surface area contributed by atoms with Crippen LogP contribution in [0.4, 0.5) is 18.0 Å². The molecule has 0 aromatic heterocycles. The zero-order chi connectivity index (χ0) is 11.7. The van der Waals surface area contributed by atoms with Crippen LogP contribution in [-0.4, -0.2) is 29.7 Å². The van der Waals surface area contributed by atoms with Crippen molar-refractivity contribution in [3.05, 3.63) is 12.3 Å². The average Bonchev–Trinajstić information content (AvgIpc) is 2.10. The molecule has 0 aromatic carbocycles. The molecule has 0 fully saturated rings. The molecule has 0 aromatic rings. The van der Waals surface area contributed by atoms with Crippen LogP contribution in [0.1, 0.15) is 6.42 Å². The number of nitrogens with one attached hydrogen (secondary N) is 1. The summed E-state index contributed by atoms with van der Waals surface area (Å²) >= 11 is 0. The van der Waals surface area contributed by atoms with Gasteiger partial charge >= 0.3 is 12.2 Å². The molecule has 1 aliphatic heterocycles. The number of nitriles is 1. The first-order chi connectivity index (χ1) is 6.82. The molecule has 1 rings (SSSR count). The maximum absolute atomic E-state index is 12.6. The first-order valence-electron chi connectivity index (χ1n) is 4.00. The molecular weight excluding hydrogens is 211 g/mol. The second-order valence-corrected chi connectivity index (χ2v) is 3.16. The highest BCUT2D eigenvalue weighted by atomic mass is 19.4. The molecule has 0 spiro atoms. The molecule has 15 heavy (non-hydrogen) atoms. The fourth-order valence-corrected chi connectivity index (χ4v) is 1.12. The van der Waals surface area contributed by atoms with Gasteiger partial charge in [0.15, 0.2) is 5.54 Å². The number of nitrogens with zero attached hydrogens (tertiary/aromatic N) is 2. The van der Waals surface area contributed by atoms with Crippen LogP contribution in [-0.2, 0) is 0 Å². The van der Waals surface area contributed by atoms with E-state index in [1.807, 2.05) is 0 Å². The monoisotopic (exact) mass is 219 g/mol. The molecule has 7 heteroatoms. The lowest BCUT2D eigenvalue weighted by atomic mass is 9.94. The van der Waals surface area contributed by atoms with E-state index < -0.39 is 24.2 Å². The number of hydrogen-bond donors (Lipinski definition) is 1. The highest BCUT2D eigenvalue weighted by molar-refractivity contribution is 5.77. The summed E-state index contributed by atoms with van der Waals surface area (Å²) in [6.07, 6.45) is -3.75. The van der Waals surface area contributed by atoms with Crippen molar-refractivity contribution in [1.29, 1.82) is 5.26 Å². The third-order valence-corrected chi connectivity index (χ3v) is 2.10. The maximum atomic E-state index is 12.6. The van der Waals surface area contributed by atoms with Crippen molar-refractivity contribution in [2.24, 2.45) is 0 Å². The third-order valence-electron chi connectivity index (χ3n) is 2.10. The minimum absolute atomic E-state index is 0.775. The van der Waals surface area contributed by atoms with Gasteiger partial charge in [0.1, 0.15) is 0 Å². The Labute approximate surface area is 84.0 Å². The van der Waals surface area contributed by atoms with E-state index in [9.17, 15) is 18.0 Å². The largest absolute Gasteiger partial charge is 0.416 e. The average molecular weight is 219 g/mol. The van der Waals surface area contributed by atoms with Gasteiger partial charge in [0.25, 0.3) is 0 Å². The van der Waals surface area contributed by atoms with Gasteiger partial charge < -0.3 is 10.2 Å². The standard InChI is InChI=1S/C8H8F3N3O/c1-14-5-3-7(2-4-12,8(9,10)11)13-6(14)15/h3,5H,2H2,1H3,(H,13,15). The number of carbonyl (C=O) groups is 1. The van der Waals surface area contributed by atoms with Crippen LogP contribution in [0.3, 0.4) is 0 Å². The maximum Gasteiger partial charge on any atom is 0.416 e. The van der Waals surface area contributed by atoms with Crippen LogP contribution in [0.5, 0.6) is 0 Å². The Hall–Kier alpha value is -1.71. The van der Waals surface area contributed by atoms with Crippen LogP contribution >= 0.6 is 0 Å². The molecule has 0 saturated heterocycles. The van der Waals surface area contributed by atoms with Crippen LogP contribution in [0.15, 0.2) is 12.3 Å². The molecule has 0 aliphatic carbocycles. The molecule has 4 nitrogen and oxygen atoms in total. The fraction of sp³-hybridized carbons (Fsp3) is 0.500. The zero-order valence-electron chi connectivity index (χ0n) is 7.80. The van der Waals surface area contributed by atoms with Gasteiger partial charge in [-0.2, -0.15) is 18.4 Å². The van der Waals surface area contributed by atoms with Crippen molar-refractivity contribution in [1.82, 2.24) is 10.2 Å². The van der Waals surface area contributed by atoms with Gasteiger partial charge in [-0.25, -0.2) is 4.79 Å². The molecule has 0 bridgehead atoms. The Balaban J connectivity index is 3.11. The number of carbonyl (C=O) groups excluding carboxylic acids is 1. The fourth-order valence-electron chi connectivity index (χ4n) is 1.12. The first-order valence-corrected chi connectivity index (χ1v) is 4.00. The van der Waals surface area contributed by atoms with Crippen LogP contribution in [0, 0.1) is 11.3 Å². The van der Waals surface area contributed by atoms with Gasteiger partial charge in [0, 0.05) is 13.2 Å². The Morgan fingerprint density at radius 2 is 2.27 bits per heavy atom. The molecule has 82 valence electrons. The topological polar surface area (TPSA) is 56.1 Å². The lowest BCUT2D eigenvalue weighted by molar-refractivity contribution is -0.178. The van der Waals surface area contributed by atoms with E-state index in [0.29, 0.717) is 0 Å². The van der Waals surface area contributed by atoms with E-state index >= 15 is 0 Å². The summed E-state index contributed by atoms with van der Waals surface area (Å²) in [5, 5.41) is 10.1. The molecule has 0 radical (unpaired) electrons. The molecular formula is C8H8F3N3O. The van der Waals surface area contributed by atoms with Crippen LogP contribution < -0.4 is 5.32 Å². The summed E-state index contributed by atoms with van der Waals surface area (Å²) in [6, 6.07) is 0.532. The van der Waals surface area contributed by atoms with Crippen LogP contribution in [0.2, 0.25) is 0 Å². The summed E-state index contributed by atoms with van der Waals surface area (Å²) in [6.45, 7) is 0. The Kier molecular flexibility index (Phi) is 2.62. The predicted molar refractivity (Wildman–Crippen MR) is 44.5 cm³/mol. The van der Waals surface area contributed by atoms with Crippen LogP contribution in [0.25, 0.3) is 0 Å². The molecule has 0 saturated carbocycles. The van der Waals surface area contributed by atoms with E-state index in [1.54, 1.807) is 5.32 Å². The third kappa shape index (κ3) is 1.88. The first kappa shape index (κ1) is 11.4. The van der Waals surface area contributed by atoms with Gasteiger partial charge in [-0.15, -0.1) is 0 Å². The quantitative estimate of drug-likeness (QED) is 0.724. The smallest absolute Gasteiger partial charge is 0.319 e. The SMILES string of the molecule is CN1C=CC(CC#N)(C(F)(F)F)NC1=O. The van der Waals surface area contributed by atoms with Crippen molar-refractivity contribution in [3.63, 3.8) is 0 Å². The normalized spacial score (nSPS) is 26.1. The minimum atomic E-state index is -4.68. The Morgan fingerprint density at radius 1 is 1.67 bits per heavy atom. The summed E-state index contributed by atoms with van der Waals surface area (Å²) in [4.78, 5) is 12.1. The molecule has 1 atom stereocenters. The van der Waals surface area contributed by atoms with E-state index in [-0.39, 0.29) is 0 Å². The number of amides is 2. The second kappa shape index (κ2) is 3.46. The number of alkyl halides is 3. The summed E-state index contributed by atoms with van der Waals surface area (Å²) in [7, 11) is 1.32. The Morgan fingerprint density at radius 3 is 2.67 bits per heavy atom. The molecule has 2 amide bonds. The lowest BCUT2D eigenvalue weighted by Gasteiger charge is -2.36. The van der Waals surface area contributed by atoms with Crippen molar-refractivity contribution in [2.75, 3.05) is 7.05 Å². The highest BCUT2D eigenvalue weighted by Crippen LogP contribution is 2.35. The van der Waals surface area contributed by atoms with Crippen molar-refractivity contribution in [3.8, 4) is 6.07 Å². The minimum Gasteiger partial charge on any atom is -0.319 e. The molecule has 1 aliphatic rings. The highest BCUT2D eigenvalue weighted by Gasteiger charge is 2.55. The second-order valence-electron chi connectivity index (χ2n) is 3.16. The van der Waals surface area contributed by atoms with Gasteiger partial charge in [-0.1, -0.05) is 0 Å². The zero-order valence-corrected chi connectivity index (χ0v) is 7.80. The lowest BCUT2D eigenvalue weighted by Crippen LogP contribution is -2.61.